The van der Waals surface area contributed by atoms with E-state index in [-0.39, 0.29) is 24.3 Å². The van der Waals surface area contributed by atoms with E-state index in [1.807, 2.05) is 19.2 Å². The molecule has 0 radical (unpaired) electrons. The summed E-state index contributed by atoms with van der Waals surface area (Å²) in [6, 6.07) is 9.86. The first-order valence-corrected chi connectivity index (χ1v) is 8.24. The molecule has 5 nitrogen and oxygen atoms in total. The van der Waals surface area contributed by atoms with Crippen LogP contribution in [-0.2, 0) is 11.4 Å². The van der Waals surface area contributed by atoms with Crippen molar-refractivity contribution in [3.8, 4) is 0 Å². The maximum Gasteiger partial charge on any atom is 0.262 e. The first-order valence-electron chi connectivity index (χ1n) is 7.36. The lowest BCUT2D eigenvalue weighted by molar-refractivity contribution is -0.118. The number of rotatable bonds is 6. The van der Waals surface area contributed by atoms with Crippen LogP contribution in [0.15, 0.2) is 41.8 Å². The molecule has 0 spiro atoms. The number of benzene rings is 1. The molecule has 0 saturated carbocycles. The lowest BCUT2D eigenvalue weighted by Gasteiger charge is -2.21. The third kappa shape index (κ3) is 4.64. The van der Waals surface area contributed by atoms with E-state index in [2.05, 4.69) is 10.6 Å². The van der Waals surface area contributed by atoms with E-state index in [0.29, 0.717) is 16.1 Å². The fourth-order valence-electron chi connectivity index (χ4n) is 2.12. The molecule has 0 bridgehead atoms. The minimum absolute atomic E-state index is 0.0556. The zero-order valence-corrected chi connectivity index (χ0v) is 13.9. The molecule has 0 saturated heterocycles. The van der Waals surface area contributed by atoms with Crippen molar-refractivity contribution in [2.75, 3.05) is 5.32 Å². The van der Waals surface area contributed by atoms with Gasteiger partial charge in [0.1, 0.15) is 6.04 Å². The SMILES string of the molecule is CC(C)C(NC(=O)c1cccs1)C(=O)Nc1cccc(CO)c1. The van der Waals surface area contributed by atoms with E-state index in [4.69, 9.17) is 5.11 Å². The minimum Gasteiger partial charge on any atom is -0.392 e. The highest BCUT2D eigenvalue weighted by Crippen LogP contribution is 2.14. The van der Waals surface area contributed by atoms with Crippen LogP contribution in [-0.4, -0.2) is 23.0 Å². The van der Waals surface area contributed by atoms with Crippen molar-refractivity contribution in [1.29, 1.82) is 0 Å². The maximum absolute atomic E-state index is 12.5. The van der Waals surface area contributed by atoms with Crippen molar-refractivity contribution in [3.05, 3.63) is 52.2 Å². The fourth-order valence-corrected chi connectivity index (χ4v) is 2.75. The van der Waals surface area contributed by atoms with Gasteiger partial charge in [0.05, 0.1) is 11.5 Å². The molecule has 1 atom stereocenters. The van der Waals surface area contributed by atoms with Gasteiger partial charge in [0, 0.05) is 5.69 Å². The van der Waals surface area contributed by atoms with Gasteiger partial charge >= 0.3 is 0 Å². The number of thiophene rings is 1. The Morgan fingerprint density at radius 1 is 1.22 bits per heavy atom. The van der Waals surface area contributed by atoms with Gasteiger partial charge in [-0.15, -0.1) is 11.3 Å². The standard InChI is InChI=1S/C17H20N2O3S/c1-11(2)15(19-16(21)14-7-4-8-23-14)17(22)18-13-6-3-5-12(9-13)10-20/h3-9,11,15,20H,10H2,1-2H3,(H,18,22)(H,19,21). The fraction of sp³-hybridized carbons (Fsp3) is 0.294. The molecule has 2 amide bonds. The van der Waals surface area contributed by atoms with Crippen molar-refractivity contribution in [2.45, 2.75) is 26.5 Å². The zero-order valence-electron chi connectivity index (χ0n) is 13.1. The summed E-state index contributed by atoms with van der Waals surface area (Å²) in [5, 5.41) is 16.5. The van der Waals surface area contributed by atoms with E-state index in [0.717, 1.165) is 0 Å². The highest BCUT2D eigenvalue weighted by molar-refractivity contribution is 7.12. The number of amides is 2. The Bertz CT molecular complexity index is 668. The number of aliphatic hydroxyl groups excluding tert-OH is 1. The van der Waals surface area contributed by atoms with Crippen molar-refractivity contribution in [2.24, 2.45) is 5.92 Å². The molecule has 6 heteroatoms. The Morgan fingerprint density at radius 3 is 2.61 bits per heavy atom. The second-order valence-corrected chi connectivity index (χ2v) is 6.47. The van der Waals surface area contributed by atoms with Crippen LogP contribution in [0, 0.1) is 5.92 Å². The summed E-state index contributed by atoms with van der Waals surface area (Å²) in [5.41, 5.74) is 1.31. The van der Waals surface area contributed by atoms with Crippen LogP contribution in [0.1, 0.15) is 29.1 Å². The van der Waals surface area contributed by atoms with Gasteiger partial charge in [0.25, 0.3) is 5.91 Å². The molecule has 1 heterocycles. The third-order valence-corrected chi connectivity index (χ3v) is 4.23. The smallest absolute Gasteiger partial charge is 0.262 e. The van der Waals surface area contributed by atoms with Crippen LogP contribution < -0.4 is 10.6 Å². The van der Waals surface area contributed by atoms with Crippen LogP contribution >= 0.6 is 11.3 Å². The van der Waals surface area contributed by atoms with Crippen LogP contribution in [0.3, 0.4) is 0 Å². The summed E-state index contributed by atoms with van der Waals surface area (Å²) < 4.78 is 0. The Hall–Kier alpha value is -2.18. The highest BCUT2D eigenvalue weighted by atomic mass is 32.1. The molecule has 3 N–H and O–H groups in total. The first kappa shape index (κ1) is 17.2. The van der Waals surface area contributed by atoms with Crippen LogP contribution in [0.4, 0.5) is 5.69 Å². The van der Waals surface area contributed by atoms with Gasteiger partial charge < -0.3 is 15.7 Å². The van der Waals surface area contributed by atoms with Gasteiger partial charge in [-0.25, -0.2) is 0 Å². The van der Waals surface area contributed by atoms with Gasteiger partial charge in [-0.2, -0.15) is 0 Å². The molecule has 2 rings (SSSR count). The van der Waals surface area contributed by atoms with Crippen molar-refractivity contribution in [3.63, 3.8) is 0 Å². The zero-order chi connectivity index (χ0) is 16.8. The van der Waals surface area contributed by atoms with Gasteiger partial charge in [-0.3, -0.25) is 9.59 Å². The Kier molecular flexibility index (Phi) is 5.90. The first-order chi connectivity index (χ1) is 11.0. The number of anilines is 1. The van der Waals surface area contributed by atoms with Gasteiger partial charge in [-0.1, -0.05) is 32.0 Å². The topological polar surface area (TPSA) is 78.4 Å². The number of aliphatic hydroxyl groups is 1. The van der Waals surface area contributed by atoms with Crippen LogP contribution in [0.2, 0.25) is 0 Å². The molecule has 0 aliphatic heterocycles. The summed E-state index contributed by atoms with van der Waals surface area (Å²) in [6.45, 7) is 3.67. The second-order valence-electron chi connectivity index (χ2n) is 5.52. The van der Waals surface area contributed by atoms with E-state index >= 15 is 0 Å². The molecule has 0 fully saturated rings. The molecular formula is C17H20N2O3S. The number of hydrogen-bond acceptors (Lipinski definition) is 4. The summed E-state index contributed by atoms with van der Waals surface area (Å²) in [5.74, 6) is -0.585. The normalized spacial score (nSPS) is 12.0. The molecule has 1 aromatic carbocycles. The van der Waals surface area contributed by atoms with E-state index in [9.17, 15) is 9.59 Å². The number of hydrogen-bond donors (Lipinski definition) is 3. The molecule has 1 unspecified atom stereocenters. The Morgan fingerprint density at radius 2 is 2.00 bits per heavy atom. The Labute approximate surface area is 139 Å². The molecule has 0 aliphatic carbocycles. The molecular weight excluding hydrogens is 312 g/mol. The van der Waals surface area contributed by atoms with E-state index < -0.39 is 6.04 Å². The number of carbonyl (C=O) groups is 2. The minimum atomic E-state index is -0.637. The average Bonchev–Trinajstić information content (AvgIpc) is 3.06. The third-order valence-electron chi connectivity index (χ3n) is 3.36. The van der Waals surface area contributed by atoms with Crippen molar-refractivity contribution >= 4 is 28.8 Å². The molecule has 1 aromatic heterocycles. The van der Waals surface area contributed by atoms with Crippen molar-refractivity contribution < 1.29 is 14.7 Å². The van der Waals surface area contributed by atoms with E-state index in [1.54, 1.807) is 36.4 Å². The summed E-state index contributed by atoms with van der Waals surface area (Å²) in [4.78, 5) is 25.2. The summed E-state index contributed by atoms with van der Waals surface area (Å²) >= 11 is 1.33. The predicted molar refractivity (Wildman–Crippen MR) is 91.4 cm³/mol. The molecule has 0 aliphatic rings. The van der Waals surface area contributed by atoms with Gasteiger partial charge in [-0.05, 0) is 35.1 Å². The van der Waals surface area contributed by atoms with Crippen LogP contribution in [0.5, 0.6) is 0 Å². The molecule has 23 heavy (non-hydrogen) atoms. The lowest BCUT2D eigenvalue weighted by atomic mass is 10.0. The average molecular weight is 332 g/mol. The largest absolute Gasteiger partial charge is 0.392 e. The number of carbonyl (C=O) groups excluding carboxylic acids is 2. The van der Waals surface area contributed by atoms with E-state index in [1.165, 1.54) is 11.3 Å². The molecule has 122 valence electrons. The van der Waals surface area contributed by atoms with Crippen molar-refractivity contribution in [1.82, 2.24) is 5.32 Å². The quantitative estimate of drug-likeness (QED) is 0.761. The summed E-state index contributed by atoms with van der Waals surface area (Å²) in [7, 11) is 0. The Balaban J connectivity index is 2.07. The lowest BCUT2D eigenvalue weighted by Crippen LogP contribution is -2.46. The molecule has 2 aromatic rings. The number of nitrogens with one attached hydrogen (secondary N) is 2. The second kappa shape index (κ2) is 7.89. The van der Waals surface area contributed by atoms with Gasteiger partial charge in [0.15, 0.2) is 0 Å². The van der Waals surface area contributed by atoms with Gasteiger partial charge in [0.2, 0.25) is 5.91 Å². The maximum atomic E-state index is 12.5. The monoisotopic (exact) mass is 332 g/mol. The summed E-state index contributed by atoms with van der Waals surface area (Å²) in [6.07, 6.45) is 0. The van der Waals surface area contributed by atoms with Crippen LogP contribution in [0.25, 0.3) is 0 Å². The highest BCUT2D eigenvalue weighted by Gasteiger charge is 2.25. The predicted octanol–water partition coefficient (Wildman–Crippen LogP) is 2.63.